The van der Waals surface area contributed by atoms with Crippen LogP contribution in [0, 0.1) is 6.92 Å². The highest BCUT2D eigenvalue weighted by Crippen LogP contribution is 2.35. The largest absolute Gasteiger partial charge is 0.496 e. The first-order valence-corrected chi connectivity index (χ1v) is 11.9. The third-order valence-electron chi connectivity index (χ3n) is 6.30. The summed E-state index contributed by atoms with van der Waals surface area (Å²) < 4.78 is 19.3. The second-order valence-electron chi connectivity index (χ2n) is 8.59. The fraction of sp³-hybridized carbons (Fsp3) is 0.276. The number of aryl methyl sites for hydroxylation is 1. The van der Waals surface area contributed by atoms with Gasteiger partial charge in [-0.2, -0.15) is 0 Å². The number of hydrogen-bond acceptors (Lipinski definition) is 6. The Balaban J connectivity index is 1.46. The van der Waals surface area contributed by atoms with E-state index in [4.69, 9.17) is 14.2 Å². The lowest BCUT2D eigenvalue weighted by Crippen LogP contribution is -2.23. The van der Waals surface area contributed by atoms with Gasteiger partial charge >= 0.3 is 0 Å². The number of benzene rings is 3. The number of aromatic nitrogens is 2. The van der Waals surface area contributed by atoms with Crippen LogP contribution in [0.3, 0.4) is 0 Å². The van der Waals surface area contributed by atoms with Crippen LogP contribution in [0.5, 0.6) is 17.2 Å². The van der Waals surface area contributed by atoms with Gasteiger partial charge in [0.15, 0.2) is 0 Å². The van der Waals surface area contributed by atoms with E-state index in [0.717, 1.165) is 11.1 Å². The Morgan fingerprint density at radius 3 is 2.36 bits per heavy atom. The molecule has 188 valence electrons. The Morgan fingerprint density at radius 1 is 1.00 bits per heavy atom. The molecule has 2 N–H and O–H groups in total. The molecule has 0 aliphatic carbocycles. The monoisotopic (exact) mass is 487 g/mol. The molecule has 3 aromatic carbocycles. The fourth-order valence-corrected chi connectivity index (χ4v) is 4.27. The maximum atomic E-state index is 10.4. The summed E-state index contributed by atoms with van der Waals surface area (Å²) in [6.45, 7) is 3.33. The molecule has 4 rings (SSSR count). The Kier molecular flexibility index (Phi) is 8.25. The molecule has 0 fully saturated rings. The summed E-state index contributed by atoms with van der Waals surface area (Å²) in [6.07, 6.45) is 2.75. The van der Waals surface area contributed by atoms with E-state index in [2.05, 4.69) is 47.6 Å². The molecule has 0 amide bonds. The van der Waals surface area contributed by atoms with Crippen molar-refractivity contribution in [2.24, 2.45) is 7.05 Å². The van der Waals surface area contributed by atoms with Gasteiger partial charge in [-0.1, -0.05) is 48.5 Å². The maximum Gasteiger partial charge on any atom is 0.138 e. The van der Waals surface area contributed by atoms with Gasteiger partial charge in [0, 0.05) is 44.7 Å². The normalized spacial score (nSPS) is 11.8. The molecule has 0 saturated carbocycles. The fourth-order valence-electron chi connectivity index (χ4n) is 4.27. The number of nitrogens with zero attached hydrogens (tertiary/aromatic N) is 2. The first-order chi connectivity index (χ1) is 17.5. The summed E-state index contributed by atoms with van der Waals surface area (Å²) in [7, 11) is 5.10. The van der Waals surface area contributed by atoms with E-state index in [9.17, 15) is 5.11 Å². The topological polar surface area (TPSA) is 77.8 Å². The predicted molar refractivity (Wildman–Crippen MR) is 140 cm³/mol. The number of aliphatic hydroxyl groups is 1. The van der Waals surface area contributed by atoms with Gasteiger partial charge in [0.1, 0.15) is 35.8 Å². The molecule has 0 saturated heterocycles. The number of aliphatic hydroxyl groups excluding tert-OH is 1. The van der Waals surface area contributed by atoms with Crippen molar-refractivity contribution in [1.29, 1.82) is 0 Å². The van der Waals surface area contributed by atoms with Crippen LogP contribution in [0.4, 0.5) is 0 Å². The third kappa shape index (κ3) is 5.70. The van der Waals surface area contributed by atoms with Crippen molar-refractivity contribution in [1.82, 2.24) is 14.9 Å². The molecule has 1 heterocycles. The standard InChI is InChI=1S/C29H33N3O4/c1-20-22(11-8-12-24(20)21-9-6-5-7-10-21)19-36-23-15-27(34-3)25(28(16-23)35-4)17-30-18-26(33)29-31-13-14-32(29)2/h5-16,26,30,33H,17-19H2,1-4H3. The van der Waals surface area contributed by atoms with Crippen LogP contribution in [-0.2, 0) is 20.2 Å². The number of methoxy groups -OCH3 is 2. The van der Waals surface area contributed by atoms with Gasteiger partial charge in [-0.05, 0) is 29.2 Å². The smallest absolute Gasteiger partial charge is 0.138 e. The Bertz CT molecular complexity index is 1260. The minimum Gasteiger partial charge on any atom is -0.496 e. The predicted octanol–water partition coefficient (Wildman–Crippen LogP) is 4.81. The van der Waals surface area contributed by atoms with Crippen molar-refractivity contribution in [3.63, 3.8) is 0 Å². The van der Waals surface area contributed by atoms with Gasteiger partial charge in [0.05, 0.1) is 19.8 Å². The molecule has 0 aliphatic rings. The van der Waals surface area contributed by atoms with E-state index in [1.807, 2.05) is 43.6 Å². The molecule has 7 heteroatoms. The number of ether oxygens (including phenoxy) is 3. The molecule has 0 aliphatic heterocycles. The second kappa shape index (κ2) is 11.7. The molecule has 1 unspecified atom stereocenters. The van der Waals surface area contributed by atoms with Crippen LogP contribution in [0.1, 0.15) is 28.6 Å². The number of nitrogens with one attached hydrogen (secondary N) is 1. The molecule has 1 aromatic heterocycles. The second-order valence-corrected chi connectivity index (χ2v) is 8.59. The molecular formula is C29H33N3O4. The van der Waals surface area contributed by atoms with Crippen molar-refractivity contribution >= 4 is 0 Å². The third-order valence-corrected chi connectivity index (χ3v) is 6.30. The SMILES string of the molecule is COc1cc(OCc2cccc(-c3ccccc3)c2C)cc(OC)c1CNCC(O)c1nccn1C. The summed E-state index contributed by atoms with van der Waals surface area (Å²) in [4.78, 5) is 4.20. The number of rotatable bonds is 11. The van der Waals surface area contributed by atoms with Crippen LogP contribution < -0.4 is 19.5 Å². The zero-order valence-corrected chi connectivity index (χ0v) is 21.2. The first kappa shape index (κ1) is 25.3. The summed E-state index contributed by atoms with van der Waals surface area (Å²) in [5, 5.41) is 13.7. The molecule has 36 heavy (non-hydrogen) atoms. The highest BCUT2D eigenvalue weighted by Gasteiger charge is 2.16. The number of hydrogen-bond donors (Lipinski definition) is 2. The van der Waals surface area contributed by atoms with E-state index < -0.39 is 6.10 Å². The van der Waals surface area contributed by atoms with Crippen molar-refractivity contribution in [2.75, 3.05) is 20.8 Å². The van der Waals surface area contributed by atoms with Crippen molar-refractivity contribution in [2.45, 2.75) is 26.2 Å². The zero-order chi connectivity index (χ0) is 25.5. The van der Waals surface area contributed by atoms with Crippen LogP contribution in [0.2, 0.25) is 0 Å². The maximum absolute atomic E-state index is 10.4. The van der Waals surface area contributed by atoms with Crippen LogP contribution in [0.15, 0.2) is 73.1 Å². The summed E-state index contributed by atoms with van der Waals surface area (Å²) in [6, 6.07) is 20.4. The summed E-state index contributed by atoms with van der Waals surface area (Å²) in [5.41, 5.74) is 5.53. The lowest BCUT2D eigenvalue weighted by atomic mass is 9.97. The van der Waals surface area contributed by atoms with Crippen LogP contribution in [0.25, 0.3) is 11.1 Å². The van der Waals surface area contributed by atoms with Crippen molar-refractivity contribution < 1.29 is 19.3 Å². The van der Waals surface area contributed by atoms with Crippen molar-refractivity contribution in [3.05, 3.63) is 95.6 Å². The number of imidazole rings is 1. The summed E-state index contributed by atoms with van der Waals surface area (Å²) in [5.74, 6) is 2.57. The Labute approximate surface area is 212 Å². The van der Waals surface area contributed by atoms with Crippen LogP contribution in [-0.4, -0.2) is 35.4 Å². The molecule has 7 nitrogen and oxygen atoms in total. The van der Waals surface area contributed by atoms with E-state index >= 15 is 0 Å². The lowest BCUT2D eigenvalue weighted by Gasteiger charge is -2.18. The van der Waals surface area contributed by atoms with E-state index in [0.29, 0.717) is 42.8 Å². The zero-order valence-electron chi connectivity index (χ0n) is 21.2. The molecule has 0 spiro atoms. The highest BCUT2D eigenvalue weighted by molar-refractivity contribution is 5.68. The lowest BCUT2D eigenvalue weighted by molar-refractivity contribution is 0.161. The molecular weight excluding hydrogens is 454 g/mol. The van der Waals surface area contributed by atoms with Gasteiger partial charge in [0.2, 0.25) is 0 Å². The average molecular weight is 488 g/mol. The van der Waals surface area contributed by atoms with Gasteiger partial charge in [0.25, 0.3) is 0 Å². The quantitative estimate of drug-likeness (QED) is 0.316. The highest BCUT2D eigenvalue weighted by atomic mass is 16.5. The van der Waals surface area contributed by atoms with Gasteiger partial charge in [-0.15, -0.1) is 0 Å². The minimum absolute atomic E-state index is 0.340. The van der Waals surface area contributed by atoms with Gasteiger partial charge in [-0.25, -0.2) is 4.98 Å². The van der Waals surface area contributed by atoms with Crippen molar-refractivity contribution in [3.8, 4) is 28.4 Å². The Hall–Kier alpha value is -3.81. The minimum atomic E-state index is -0.723. The first-order valence-electron chi connectivity index (χ1n) is 11.9. The van der Waals surface area contributed by atoms with Gasteiger partial charge in [-0.3, -0.25) is 0 Å². The Morgan fingerprint density at radius 2 is 1.72 bits per heavy atom. The average Bonchev–Trinajstić information content (AvgIpc) is 3.34. The molecule has 1 atom stereocenters. The van der Waals surface area contributed by atoms with E-state index in [-0.39, 0.29) is 0 Å². The summed E-state index contributed by atoms with van der Waals surface area (Å²) >= 11 is 0. The van der Waals surface area contributed by atoms with Crippen LogP contribution >= 0.6 is 0 Å². The molecule has 0 bridgehead atoms. The van der Waals surface area contributed by atoms with E-state index in [1.54, 1.807) is 25.0 Å². The molecule has 0 radical (unpaired) electrons. The van der Waals surface area contributed by atoms with E-state index in [1.165, 1.54) is 16.7 Å². The van der Waals surface area contributed by atoms with Gasteiger partial charge < -0.3 is 29.2 Å². The molecule has 4 aromatic rings.